The Balaban J connectivity index is 1.26. The standard InChI is InChI=1S/C28H43FO/c1-3-4-5-6-7-8-20-9-10-22-16-23(12-11-21(22)15-20)24-13-14-25-19-28(30-2)27(29)18-26(25)17-24/h18-24H,3-17H2,1-2H3. The Morgan fingerprint density at radius 3 is 2.37 bits per heavy atom. The van der Waals surface area contributed by atoms with E-state index < -0.39 is 0 Å². The zero-order valence-corrected chi connectivity index (χ0v) is 19.4. The van der Waals surface area contributed by atoms with E-state index in [4.69, 9.17) is 4.74 Å². The molecule has 0 radical (unpaired) electrons. The number of fused-ring (bicyclic) bond motifs is 2. The van der Waals surface area contributed by atoms with Gasteiger partial charge in [0.2, 0.25) is 0 Å². The third-order valence-corrected chi connectivity index (χ3v) is 8.89. The number of rotatable bonds is 8. The molecule has 5 unspecified atom stereocenters. The molecule has 168 valence electrons. The molecular weight excluding hydrogens is 371 g/mol. The second-order valence-corrected chi connectivity index (χ2v) is 10.7. The van der Waals surface area contributed by atoms with E-state index in [1.807, 2.05) is 6.07 Å². The van der Waals surface area contributed by atoms with E-state index in [9.17, 15) is 4.39 Å². The van der Waals surface area contributed by atoms with Crippen molar-refractivity contribution in [2.75, 3.05) is 7.11 Å². The first kappa shape index (κ1) is 22.2. The van der Waals surface area contributed by atoms with E-state index in [1.54, 1.807) is 13.2 Å². The lowest BCUT2D eigenvalue weighted by Crippen LogP contribution is -2.35. The van der Waals surface area contributed by atoms with E-state index in [0.717, 1.165) is 42.4 Å². The molecule has 4 rings (SSSR count). The summed E-state index contributed by atoms with van der Waals surface area (Å²) in [7, 11) is 1.57. The van der Waals surface area contributed by atoms with E-state index >= 15 is 0 Å². The molecule has 3 aliphatic rings. The van der Waals surface area contributed by atoms with Gasteiger partial charge in [0.1, 0.15) is 0 Å². The average Bonchev–Trinajstić information content (AvgIpc) is 2.77. The Hall–Kier alpha value is -1.05. The first-order valence-electron chi connectivity index (χ1n) is 13.0. The normalized spacial score (nSPS) is 31.1. The second-order valence-electron chi connectivity index (χ2n) is 10.7. The van der Waals surface area contributed by atoms with Gasteiger partial charge in [0.25, 0.3) is 0 Å². The van der Waals surface area contributed by atoms with Gasteiger partial charge < -0.3 is 4.74 Å². The minimum atomic E-state index is -0.186. The van der Waals surface area contributed by atoms with Gasteiger partial charge in [-0.3, -0.25) is 0 Å². The van der Waals surface area contributed by atoms with Crippen molar-refractivity contribution in [3.63, 3.8) is 0 Å². The van der Waals surface area contributed by atoms with Crippen LogP contribution in [0.15, 0.2) is 12.1 Å². The number of hydrogen-bond donors (Lipinski definition) is 0. The predicted molar refractivity (Wildman–Crippen MR) is 124 cm³/mol. The van der Waals surface area contributed by atoms with E-state index in [2.05, 4.69) is 6.92 Å². The number of ether oxygens (including phenoxy) is 1. The highest BCUT2D eigenvalue weighted by atomic mass is 19.1. The van der Waals surface area contributed by atoms with Crippen molar-refractivity contribution < 1.29 is 9.13 Å². The van der Waals surface area contributed by atoms with Crippen molar-refractivity contribution in [2.24, 2.45) is 29.6 Å². The minimum Gasteiger partial charge on any atom is -0.494 e. The first-order chi connectivity index (χ1) is 14.7. The Kier molecular flexibility index (Phi) is 7.76. The number of benzene rings is 1. The molecule has 30 heavy (non-hydrogen) atoms. The molecule has 0 aliphatic heterocycles. The SMILES string of the molecule is CCCCCCCC1CCC2CC(C3CCc4cc(OC)c(F)cc4C3)CCC2C1. The summed E-state index contributed by atoms with van der Waals surface area (Å²) in [5, 5.41) is 0. The number of methoxy groups -OCH3 is 1. The summed E-state index contributed by atoms with van der Waals surface area (Å²) >= 11 is 0. The highest BCUT2D eigenvalue weighted by Gasteiger charge is 2.38. The maximum atomic E-state index is 14.2. The van der Waals surface area contributed by atoms with Crippen LogP contribution in [0.25, 0.3) is 0 Å². The molecule has 0 spiro atoms. The van der Waals surface area contributed by atoms with Crippen LogP contribution in [0.5, 0.6) is 5.75 Å². The van der Waals surface area contributed by atoms with Crippen molar-refractivity contribution in [1.29, 1.82) is 0 Å². The van der Waals surface area contributed by atoms with Crippen LogP contribution < -0.4 is 4.74 Å². The predicted octanol–water partition coefficient (Wildman–Crippen LogP) is 8.13. The van der Waals surface area contributed by atoms with Crippen LogP contribution >= 0.6 is 0 Å². The third kappa shape index (κ3) is 5.22. The molecule has 1 aromatic carbocycles. The molecule has 2 saturated carbocycles. The van der Waals surface area contributed by atoms with Crippen molar-refractivity contribution >= 4 is 0 Å². The van der Waals surface area contributed by atoms with Crippen molar-refractivity contribution in [3.05, 3.63) is 29.1 Å². The molecule has 0 saturated heterocycles. The van der Waals surface area contributed by atoms with Gasteiger partial charge in [-0.1, -0.05) is 51.9 Å². The Morgan fingerprint density at radius 2 is 1.57 bits per heavy atom. The monoisotopic (exact) mass is 414 g/mol. The Labute approximate surface area is 184 Å². The molecule has 0 aromatic heterocycles. The lowest BCUT2D eigenvalue weighted by molar-refractivity contribution is 0.0689. The summed E-state index contributed by atoms with van der Waals surface area (Å²) in [6.45, 7) is 2.30. The van der Waals surface area contributed by atoms with Gasteiger partial charge in [0, 0.05) is 0 Å². The molecule has 2 fully saturated rings. The van der Waals surface area contributed by atoms with E-state index in [1.165, 1.54) is 94.6 Å². The number of halogens is 1. The van der Waals surface area contributed by atoms with Gasteiger partial charge in [-0.25, -0.2) is 4.39 Å². The fourth-order valence-electron chi connectivity index (χ4n) is 7.09. The smallest absolute Gasteiger partial charge is 0.165 e. The van der Waals surface area contributed by atoms with Crippen LogP contribution in [0.4, 0.5) is 4.39 Å². The number of hydrogen-bond acceptors (Lipinski definition) is 1. The lowest BCUT2D eigenvalue weighted by atomic mass is 9.61. The fraction of sp³-hybridized carbons (Fsp3) is 0.786. The van der Waals surface area contributed by atoms with Crippen LogP contribution in [0.3, 0.4) is 0 Å². The Bertz CT molecular complexity index is 683. The molecule has 1 aromatic rings. The van der Waals surface area contributed by atoms with Gasteiger partial charge in [-0.15, -0.1) is 0 Å². The van der Waals surface area contributed by atoms with Crippen LogP contribution in [-0.4, -0.2) is 7.11 Å². The van der Waals surface area contributed by atoms with E-state index in [0.29, 0.717) is 5.75 Å². The topological polar surface area (TPSA) is 9.23 Å². The highest BCUT2D eigenvalue weighted by Crippen LogP contribution is 2.49. The molecule has 5 atom stereocenters. The van der Waals surface area contributed by atoms with Crippen molar-refractivity contribution in [1.82, 2.24) is 0 Å². The summed E-state index contributed by atoms with van der Waals surface area (Å²) in [4.78, 5) is 0. The zero-order valence-electron chi connectivity index (χ0n) is 19.4. The fourth-order valence-corrected chi connectivity index (χ4v) is 7.09. The third-order valence-electron chi connectivity index (χ3n) is 8.89. The Morgan fingerprint density at radius 1 is 0.833 bits per heavy atom. The van der Waals surface area contributed by atoms with Crippen LogP contribution in [-0.2, 0) is 12.8 Å². The van der Waals surface area contributed by atoms with Gasteiger partial charge in [0.15, 0.2) is 11.6 Å². The quantitative estimate of drug-likeness (QED) is 0.390. The first-order valence-corrected chi connectivity index (χ1v) is 13.0. The van der Waals surface area contributed by atoms with Crippen molar-refractivity contribution in [2.45, 2.75) is 103 Å². The van der Waals surface area contributed by atoms with Gasteiger partial charge in [-0.05, 0) is 104 Å². The summed E-state index contributed by atoms with van der Waals surface area (Å²) < 4.78 is 19.4. The average molecular weight is 415 g/mol. The van der Waals surface area contributed by atoms with Crippen LogP contribution in [0.1, 0.15) is 102 Å². The number of aryl methyl sites for hydroxylation is 1. The van der Waals surface area contributed by atoms with Gasteiger partial charge in [0.05, 0.1) is 7.11 Å². The summed E-state index contributed by atoms with van der Waals surface area (Å²) in [6.07, 6.45) is 20.9. The molecule has 2 heteroatoms. The molecular formula is C28H43FO. The number of unbranched alkanes of at least 4 members (excludes halogenated alkanes) is 4. The molecule has 0 amide bonds. The summed E-state index contributed by atoms with van der Waals surface area (Å²) in [5.74, 6) is 4.87. The lowest BCUT2D eigenvalue weighted by Gasteiger charge is -2.45. The molecule has 3 aliphatic carbocycles. The molecule has 0 heterocycles. The largest absolute Gasteiger partial charge is 0.494 e. The van der Waals surface area contributed by atoms with Crippen LogP contribution in [0.2, 0.25) is 0 Å². The summed E-state index contributed by atoms with van der Waals surface area (Å²) in [6, 6.07) is 3.71. The maximum absolute atomic E-state index is 14.2. The maximum Gasteiger partial charge on any atom is 0.165 e. The highest BCUT2D eigenvalue weighted by molar-refractivity contribution is 5.38. The van der Waals surface area contributed by atoms with Crippen molar-refractivity contribution in [3.8, 4) is 5.75 Å². The summed E-state index contributed by atoms with van der Waals surface area (Å²) in [5.41, 5.74) is 2.57. The van der Waals surface area contributed by atoms with Gasteiger partial charge >= 0.3 is 0 Å². The zero-order chi connectivity index (χ0) is 20.9. The van der Waals surface area contributed by atoms with Crippen LogP contribution in [0, 0.1) is 35.4 Å². The van der Waals surface area contributed by atoms with Gasteiger partial charge in [-0.2, -0.15) is 0 Å². The molecule has 0 N–H and O–H groups in total. The molecule has 1 nitrogen and oxygen atoms in total. The second kappa shape index (κ2) is 10.5. The molecule has 0 bridgehead atoms. The van der Waals surface area contributed by atoms with E-state index in [-0.39, 0.29) is 5.82 Å². The minimum absolute atomic E-state index is 0.186.